The lowest BCUT2D eigenvalue weighted by Gasteiger charge is -2.30. The van der Waals surface area contributed by atoms with E-state index in [0.717, 1.165) is 37.4 Å². The maximum atomic E-state index is 12.7. The highest BCUT2D eigenvalue weighted by Gasteiger charge is 2.31. The average Bonchev–Trinajstić information content (AvgIpc) is 2.84. The van der Waals surface area contributed by atoms with Crippen LogP contribution in [0.5, 0.6) is 0 Å². The number of nitrogens with zero attached hydrogens (tertiary/aromatic N) is 2. The van der Waals surface area contributed by atoms with Gasteiger partial charge >= 0.3 is 0 Å². The highest BCUT2D eigenvalue weighted by atomic mass is 32.2. The first-order valence-electron chi connectivity index (χ1n) is 11.2. The van der Waals surface area contributed by atoms with E-state index < -0.39 is 10.0 Å². The maximum absolute atomic E-state index is 12.7. The molecular formula is C24H31N3O4S. The number of carbonyl (C=O) groups excluding carboxylic acids is 1. The average molecular weight is 458 g/mol. The number of piperidine rings is 1. The largest absolute Gasteiger partial charge is 0.378 e. The number of nitrogens with one attached hydrogen (secondary N) is 1. The Hall–Kier alpha value is -2.42. The van der Waals surface area contributed by atoms with Crippen molar-refractivity contribution >= 4 is 21.6 Å². The Balaban J connectivity index is 1.23. The summed E-state index contributed by atoms with van der Waals surface area (Å²) < 4.78 is 32.3. The summed E-state index contributed by atoms with van der Waals surface area (Å²) in [5.74, 6) is -0.140. The third kappa shape index (κ3) is 5.88. The highest BCUT2D eigenvalue weighted by molar-refractivity contribution is 7.88. The summed E-state index contributed by atoms with van der Waals surface area (Å²) in [6.07, 6.45) is 1.10. The van der Waals surface area contributed by atoms with Gasteiger partial charge in [-0.25, -0.2) is 12.7 Å². The Morgan fingerprint density at radius 1 is 0.906 bits per heavy atom. The van der Waals surface area contributed by atoms with Gasteiger partial charge in [-0.15, -0.1) is 0 Å². The predicted molar refractivity (Wildman–Crippen MR) is 125 cm³/mol. The summed E-state index contributed by atoms with van der Waals surface area (Å²) in [6.45, 7) is 4.57. The second-order valence-electron chi connectivity index (χ2n) is 8.40. The van der Waals surface area contributed by atoms with E-state index in [2.05, 4.69) is 22.3 Å². The van der Waals surface area contributed by atoms with Gasteiger partial charge in [-0.1, -0.05) is 42.5 Å². The Labute approximate surface area is 190 Å². The molecule has 2 aromatic rings. The third-order valence-corrected chi connectivity index (χ3v) is 8.04. The molecule has 172 valence electrons. The molecule has 0 atom stereocenters. The summed E-state index contributed by atoms with van der Waals surface area (Å²) in [6, 6.07) is 17.5. The molecule has 7 nitrogen and oxygen atoms in total. The van der Waals surface area contributed by atoms with Crippen molar-refractivity contribution in [1.82, 2.24) is 9.62 Å². The van der Waals surface area contributed by atoms with Crippen molar-refractivity contribution < 1.29 is 17.9 Å². The van der Waals surface area contributed by atoms with Gasteiger partial charge in [0.2, 0.25) is 15.9 Å². The normalized spacial score (nSPS) is 18.4. The highest BCUT2D eigenvalue weighted by Crippen LogP contribution is 2.22. The summed E-state index contributed by atoms with van der Waals surface area (Å²) in [5, 5.41) is 3.02. The lowest BCUT2D eigenvalue weighted by atomic mass is 9.97. The standard InChI is InChI=1S/C24H31N3O4S/c28-24(25-18-20-6-8-23(9-7-20)26-14-16-31-17-15-26)22-10-12-27(13-11-22)32(29,30)19-21-4-2-1-3-5-21/h1-9,22H,10-19H2,(H,25,28). The number of benzene rings is 2. The second kappa shape index (κ2) is 10.5. The fourth-order valence-corrected chi connectivity index (χ4v) is 5.82. The van der Waals surface area contributed by atoms with Gasteiger partial charge in [0.05, 0.1) is 19.0 Å². The number of ether oxygens (including phenoxy) is 1. The molecule has 2 aliphatic rings. The molecule has 2 fully saturated rings. The minimum Gasteiger partial charge on any atom is -0.378 e. The zero-order valence-electron chi connectivity index (χ0n) is 18.3. The van der Waals surface area contributed by atoms with Crippen LogP contribution in [0.2, 0.25) is 0 Å². The van der Waals surface area contributed by atoms with E-state index >= 15 is 0 Å². The Morgan fingerprint density at radius 2 is 1.56 bits per heavy atom. The minimum absolute atomic E-state index is 0.00219. The molecule has 1 N–H and O–H groups in total. The van der Waals surface area contributed by atoms with Crippen molar-refractivity contribution in [3.63, 3.8) is 0 Å². The number of rotatable bonds is 7. The Kier molecular flexibility index (Phi) is 7.44. The van der Waals surface area contributed by atoms with Crippen LogP contribution in [0.3, 0.4) is 0 Å². The number of carbonyl (C=O) groups is 1. The summed E-state index contributed by atoms with van der Waals surface area (Å²) in [4.78, 5) is 14.9. The SMILES string of the molecule is O=C(NCc1ccc(N2CCOCC2)cc1)C1CCN(S(=O)(=O)Cc2ccccc2)CC1. The van der Waals surface area contributed by atoms with Gasteiger partial charge in [-0.3, -0.25) is 4.79 Å². The van der Waals surface area contributed by atoms with Crippen molar-refractivity contribution in [3.05, 3.63) is 65.7 Å². The molecular weight excluding hydrogens is 426 g/mol. The topological polar surface area (TPSA) is 79.0 Å². The fraction of sp³-hybridized carbons (Fsp3) is 0.458. The molecule has 8 heteroatoms. The van der Waals surface area contributed by atoms with Crippen LogP contribution in [0.1, 0.15) is 24.0 Å². The second-order valence-corrected chi connectivity index (χ2v) is 10.4. The van der Waals surface area contributed by atoms with Crippen LogP contribution < -0.4 is 10.2 Å². The molecule has 2 aromatic carbocycles. The molecule has 0 aromatic heterocycles. The minimum atomic E-state index is -3.36. The van der Waals surface area contributed by atoms with Crippen LogP contribution in [0, 0.1) is 5.92 Å². The van der Waals surface area contributed by atoms with E-state index in [9.17, 15) is 13.2 Å². The van der Waals surface area contributed by atoms with Gasteiger partial charge in [0, 0.05) is 44.3 Å². The van der Waals surface area contributed by atoms with Crippen molar-refractivity contribution in [2.24, 2.45) is 5.92 Å². The third-order valence-electron chi connectivity index (χ3n) is 6.19. The summed E-state index contributed by atoms with van der Waals surface area (Å²) >= 11 is 0. The van der Waals surface area contributed by atoms with Gasteiger partial charge in [0.1, 0.15) is 0 Å². The van der Waals surface area contributed by atoms with Gasteiger partial charge in [0.25, 0.3) is 0 Å². The molecule has 4 rings (SSSR count). The van der Waals surface area contributed by atoms with Crippen LogP contribution in [-0.2, 0) is 31.9 Å². The van der Waals surface area contributed by atoms with Crippen LogP contribution in [0.25, 0.3) is 0 Å². The molecule has 0 radical (unpaired) electrons. The van der Waals surface area contributed by atoms with E-state index in [1.807, 2.05) is 42.5 Å². The molecule has 2 saturated heterocycles. The van der Waals surface area contributed by atoms with E-state index in [1.165, 1.54) is 9.99 Å². The summed E-state index contributed by atoms with van der Waals surface area (Å²) in [5.41, 5.74) is 3.01. The zero-order valence-corrected chi connectivity index (χ0v) is 19.1. The number of anilines is 1. The molecule has 0 bridgehead atoms. The van der Waals surface area contributed by atoms with Crippen LogP contribution in [0.15, 0.2) is 54.6 Å². The predicted octanol–water partition coefficient (Wildman–Crippen LogP) is 2.38. The first kappa shape index (κ1) is 22.8. The molecule has 0 spiro atoms. The zero-order chi connectivity index (χ0) is 22.4. The number of morpholine rings is 1. The van der Waals surface area contributed by atoms with Crippen molar-refractivity contribution in [2.75, 3.05) is 44.3 Å². The molecule has 32 heavy (non-hydrogen) atoms. The van der Waals surface area contributed by atoms with Gasteiger partial charge in [-0.2, -0.15) is 0 Å². The first-order valence-corrected chi connectivity index (χ1v) is 12.8. The van der Waals surface area contributed by atoms with E-state index in [-0.39, 0.29) is 17.6 Å². The molecule has 0 unspecified atom stereocenters. The number of hydrogen-bond acceptors (Lipinski definition) is 5. The lowest BCUT2D eigenvalue weighted by molar-refractivity contribution is -0.126. The monoisotopic (exact) mass is 457 g/mol. The van der Waals surface area contributed by atoms with Crippen LogP contribution in [-0.4, -0.2) is 58.0 Å². The number of hydrogen-bond donors (Lipinski definition) is 1. The summed E-state index contributed by atoms with van der Waals surface area (Å²) in [7, 11) is -3.36. The Bertz CT molecular complexity index is 982. The number of sulfonamides is 1. The molecule has 2 aliphatic heterocycles. The first-order chi connectivity index (χ1) is 15.5. The maximum Gasteiger partial charge on any atom is 0.223 e. The van der Waals surface area contributed by atoms with Crippen molar-refractivity contribution in [1.29, 1.82) is 0 Å². The molecule has 1 amide bonds. The molecule has 2 heterocycles. The van der Waals surface area contributed by atoms with Crippen molar-refractivity contribution in [2.45, 2.75) is 25.1 Å². The lowest BCUT2D eigenvalue weighted by Crippen LogP contribution is -2.43. The van der Waals surface area contributed by atoms with E-state index in [1.54, 1.807) is 0 Å². The van der Waals surface area contributed by atoms with Crippen LogP contribution in [0.4, 0.5) is 5.69 Å². The molecule has 0 aliphatic carbocycles. The smallest absolute Gasteiger partial charge is 0.223 e. The fourth-order valence-electron chi connectivity index (χ4n) is 4.25. The Morgan fingerprint density at radius 3 is 2.22 bits per heavy atom. The van der Waals surface area contributed by atoms with Gasteiger partial charge in [0.15, 0.2) is 0 Å². The number of amides is 1. The van der Waals surface area contributed by atoms with Gasteiger partial charge in [-0.05, 0) is 36.1 Å². The van der Waals surface area contributed by atoms with E-state index in [0.29, 0.717) is 32.5 Å². The van der Waals surface area contributed by atoms with Gasteiger partial charge < -0.3 is 15.0 Å². The van der Waals surface area contributed by atoms with Crippen molar-refractivity contribution in [3.8, 4) is 0 Å². The quantitative estimate of drug-likeness (QED) is 0.691. The van der Waals surface area contributed by atoms with E-state index in [4.69, 9.17) is 4.74 Å². The molecule has 0 saturated carbocycles. The van der Waals surface area contributed by atoms with Crippen LogP contribution >= 0.6 is 0 Å².